The van der Waals surface area contributed by atoms with Crippen molar-refractivity contribution in [3.63, 3.8) is 0 Å². The van der Waals surface area contributed by atoms with Gasteiger partial charge in [-0.3, -0.25) is 10.1 Å². The van der Waals surface area contributed by atoms with Crippen molar-refractivity contribution in [2.45, 2.75) is 6.92 Å². The average molecular weight is 352 g/mol. The second-order valence-electron chi connectivity index (χ2n) is 5.47. The van der Waals surface area contributed by atoms with E-state index in [1.165, 1.54) is 23.5 Å². The van der Waals surface area contributed by atoms with Crippen LogP contribution in [0.25, 0.3) is 11.3 Å². The number of nitrogens with zero attached hydrogens (tertiary/aromatic N) is 4. The van der Waals surface area contributed by atoms with Gasteiger partial charge in [-0.1, -0.05) is 24.3 Å². The molecule has 3 aromatic rings. The molecule has 0 atom stereocenters. The summed E-state index contributed by atoms with van der Waals surface area (Å²) in [6, 6.07) is 14.4. The Bertz CT molecular complexity index is 1000. The molecule has 0 saturated carbocycles. The van der Waals surface area contributed by atoms with Crippen molar-refractivity contribution < 1.29 is 4.92 Å². The van der Waals surface area contributed by atoms with E-state index in [9.17, 15) is 10.1 Å². The first-order valence-electron chi connectivity index (χ1n) is 7.58. The van der Waals surface area contributed by atoms with Gasteiger partial charge in [-0.25, -0.2) is 0 Å². The molecule has 2 aromatic carbocycles. The summed E-state index contributed by atoms with van der Waals surface area (Å²) in [5, 5.41) is 21.2. The van der Waals surface area contributed by atoms with Gasteiger partial charge in [-0.15, -0.1) is 16.4 Å². The molecule has 3 rings (SSSR count). The molecule has 0 aliphatic heterocycles. The summed E-state index contributed by atoms with van der Waals surface area (Å²) in [6.45, 7) is 2.03. The van der Waals surface area contributed by atoms with Crippen molar-refractivity contribution in [3.8, 4) is 11.3 Å². The van der Waals surface area contributed by atoms with Crippen LogP contribution in [0.1, 0.15) is 11.1 Å². The molecule has 25 heavy (non-hydrogen) atoms. The molecule has 0 saturated heterocycles. The van der Waals surface area contributed by atoms with Crippen molar-refractivity contribution in [1.29, 1.82) is 0 Å². The molecule has 1 heterocycles. The van der Waals surface area contributed by atoms with Gasteiger partial charge in [0.2, 0.25) is 4.80 Å². The lowest BCUT2D eigenvalue weighted by molar-refractivity contribution is -0.384. The minimum absolute atomic E-state index is 0.0781. The Balaban J connectivity index is 1.88. The zero-order valence-corrected chi connectivity index (χ0v) is 14.6. The standard InChI is InChI=1S/C18H16N4O2S/c1-13-5-3-4-6-15(13)11-19-20-18-21(2)17(12-25-18)14-7-9-16(10-8-14)22(23)24/h3-12H,1-2H3/b19-11+,20-18+. The molecule has 0 bridgehead atoms. The summed E-state index contributed by atoms with van der Waals surface area (Å²) in [4.78, 5) is 11.1. The normalized spacial score (nSPS) is 12.0. The van der Waals surface area contributed by atoms with E-state index < -0.39 is 4.92 Å². The molecule has 7 heteroatoms. The third-order valence-corrected chi connectivity index (χ3v) is 4.73. The number of aromatic nitrogens is 1. The largest absolute Gasteiger partial charge is 0.318 e. The number of non-ortho nitro benzene ring substituents is 1. The van der Waals surface area contributed by atoms with E-state index >= 15 is 0 Å². The zero-order valence-electron chi connectivity index (χ0n) is 13.8. The molecule has 0 aliphatic carbocycles. The SMILES string of the molecule is Cc1ccccc1/C=N/N=c1/scc(-c2ccc([N+](=O)[O-])cc2)n1C. The van der Waals surface area contributed by atoms with Gasteiger partial charge in [0.25, 0.3) is 5.69 Å². The topological polar surface area (TPSA) is 72.8 Å². The number of nitro benzene ring substituents is 1. The summed E-state index contributed by atoms with van der Waals surface area (Å²) in [6.07, 6.45) is 1.74. The number of hydrogen-bond donors (Lipinski definition) is 0. The average Bonchev–Trinajstić information content (AvgIpc) is 2.97. The number of aryl methyl sites for hydroxylation is 1. The first-order chi connectivity index (χ1) is 12.1. The van der Waals surface area contributed by atoms with Crippen molar-refractivity contribution >= 4 is 23.2 Å². The minimum atomic E-state index is -0.404. The van der Waals surface area contributed by atoms with Gasteiger partial charge < -0.3 is 4.57 Å². The summed E-state index contributed by atoms with van der Waals surface area (Å²) >= 11 is 1.47. The molecule has 6 nitrogen and oxygen atoms in total. The van der Waals surface area contributed by atoms with Gasteiger partial charge >= 0.3 is 0 Å². The van der Waals surface area contributed by atoms with Crippen LogP contribution in [0.15, 0.2) is 64.1 Å². The molecule has 0 fully saturated rings. The number of benzene rings is 2. The van der Waals surface area contributed by atoms with E-state index in [0.717, 1.165) is 27.2 Å². The lowest BCUT2D eigenvalue weighted by Crippen LogP contribution is -2.10. The first kappa shape index (κ1) is 16.8. The van der Waals surface area contributed by atoms with Gasteiger partial charge in [-0.05, 0) is 35.7 Å². The van der Waals surface area contributed by atoms with E-state index in [4.69, 9.17) is 0 Å². The van der Waals surface area contributed by atoms with Gasteiger partial charge in [0.05, 0.1) is 16.8 Å². The van der Waals surface area contributed by atoms with Gasteiger partial charge in [0.15, 0.2) is 0 Å². The van der Waals surface area contributed by atoms with Crippen LogP contribution in [0.5, 0.6) is 0 Å². The third-order valence-electron chi connectivity index (χ3n) is 3.83. The molecule has 0 N–H and O–H groups in total. The highest BCUT2D eigenvalue weighted by Crippen LogP contribution is 2.22. The predicted octanol–water partition coefficient (Wildman–Crippen LogP) is 3.91. The Labute approximate surface area is 148 Å². The van der Waals surface area contributed by atoms with E-state index in [0.29, 0.717) is 0 Å². The summed E-state index contributed by atoms with van der Waals surface area (Å²) < 4.78 is 1.92. The smallest absolute Gasteiger partial charge is 0.269 e. The Kier molecular flexibility index (Phi) is 4.85. The van der Waals surface area contributed by atoms with Crippen LogP contribution >= 0.6 is 11.3 Å². The second kappa shape index (κ2) is 7.23. The molecule has 0 unspecified atom stereocenters. The molecule has 126 valence electrons. The fourth-order valence-corrected chi connectivity index (χ4v) is 3.21. The van der Waals surface area contributed by atoms with Crippen LogP contribution in [0.3, 0.4) is 0 Å². The van der Waals surface area contributed by atoms with Crippen molar-refractivity contribution in [1.82, 2.24) is 4.57 Å². The Morgan fingerprint density at radius 2 is 1.88 bits per heavy atom. The Morgan fingerprint density at radius 1 is 1.16 bits per heavy atom. The fraction of sp³-hybridized carbons (Fsp3) is 0.111. The van der Waals surface area contributed by atoms with Crippen LogP contribution < -0.4 is 4.80 Å². The maximum Gasteiger partial charge on any atom is 0.269 e. The first-order valence-corrected chi connectivity index (χ1v) is 8.46. The van der Waals surface area contributed by atoms with Crippen LogP contribution in [-0.2, 0) is 7.05 Å². The number of thiazole rings is 1. The molecular formula is C18H16N4O2S. The molecule has 0 spiro atoms. The third kappa shape index (κ3) is 3.72. The summed E-state index contributed by atoms with van der Waals surface area (Å²) in [7, 11) is 1.90. The van der Waals surface area contributed by atoms with Gasteiger partial charge in [-0.2, -0.15) is 5.10 Å². The predicted molar refractivity (Wildman–Crippen MR) is 99.7 cm³/mol. The Hall–Kier alpha value is -3.06. The maximum atomic E-state index is 10.8. The molecular weight excluding hydrogens is 336 g/mol. The molecule has 1 aromatic heterocycles. The second-order valence-corrected chi connectivity index (χ2v) is 6.30. The summed E-state index contributed by atoms with van der Waals surface area (Å²) in [5.74, 6) is 0. The maximum absolute atomic E-state index is 10.8. The van der Waals surface area contributed by atoms with E-state index in [2.05, 4.69) is 10.2 Å². The van der Waals surface area contributed by atoms with Crippen LogP contribution in [-0.4, -0.2) is 15.7 Å². The molecule has 0 amide bonds. The van der Waals surface area contributed by atoms with Gasteiger partial charge in [0, 0.05) is 24.6 Å². The van der Waals surface area contributed by atoms with E-state index in [-0.39, 0.29) is 5.69 Å². The highest BCUT2D eigenvalue weighted by Gasteiger charge is 2.08. The lowest BCUT2D eigenvalue weighted by atomic mass is 10.1. The lowest BCUT2D eigenvalue weighted by Gasteiger charge is -2.02. The molecule has 0 aliphatic rings. The fourth-order valence-electron chi connectivity index (χ4n) is 2.35. The van der Waals surface area contributed by atoms with Gasteiger partial charge in [0.1, 0.15) is 0 Å². The zero-order chi connectivity index (χ0) is 17.8. The molecule has 0 radical (unpaired) electrons. The number of hydrogen-bond acceptors (Lipinski definition) is 5. The van der Waals surface area contributed by atoms with Crippen molar-refractivity contribution in [2.75, 3.05) is 0 Å². The highest BCUT2D eigenvalue weighted by molar-refractivity contribution is 7.07. The Morgan fingerprint density at radius 3 is 2.56 bits per heavy atom. The van der Waals surface area contributed by atoms with Crippen LogP contribution in [0.4, 0.5) is 5.69 Å². The monoisotopic (exact) mass is 352 g/mol. The van der Waals surface area contributed by atoms with Crippen molar-refractivity contribution in [2.24, 2.45) is 17.3 Å². The van der Waals surface area contributed by atoms with E-state index in [1.807, 2.05) is 48.2 Å². The highest BCUT2D eigenvalue weighted by atomic mass is 32.1. The van der Waals surface area contributed by atoms with Crippen molar-refractivity contribution in [3.05, 3.63) is 80.0 Å². The number of nitro groups is 1. The summed E-state index contributed by atoms with van der Waals surface area (Å²) in [5.41, 5.74) is 4.08. The van der Waals surface area contributed by atoms with Crippen LogP contribution in [0, 0.1) is 17.0 Å². The van der Waals surface area contributed by atoms with Crippen LogP contribution in [0.2, 0.25) is 0 Å². The minimum Gasteiger partial charge on any atom is -0.318 e. The van der Waals surface area contributed by atoms with E-state index in [1.54, 1.807) is 18.3 Å². The number of rotatable bonds is 4. The quantitative estimate of drug-likeness (QED) is 0.406.